The van der Waals surface area contributed by atoms with Crippen molar-refractivity contribution in [2.45, 2.75) is 51.2 Å². The number of hydrogen-bond acceptors (Lipinski definition) is 3. The Morgan fingerprint density at radius 3 is 2.74 bits per heavy atom. The molecule has 128 valence electrons. The molecule has 23 heavy (non-hydrogen) atoms. The molecule has 1 unspecified atom stereocenters. The second kappa shape index (κ2) is 9.53. The summed E-state index contributed by atoms with van der Waals surface area (Å²) < 4.78 is 5.16. The molecule has 1 aromatic rings. The van der Waals surface area contributed by atoms with E-state index in [1.165, 1.54) is 19.3 Å². The zero-order valence-electron chi connectivity index (χ0n) is 13.9. The molecule has 1 saturated carbocycles. The van der Waals surface area contributed by atoms with Crippen molar-refractivity contribution in [1.29, 1.82) is 0 Å². The van der Waals surface area contributed by atoms with Crippen molar-refractivity contribution in [2.75, 3.05) is 19.0 Å². The normalized spacial score (nSPS) is 16.8. The molecule has 2 rings (SSSR count). The number of nitrogens with one attached hydrogen (secondary N) is 2. The number of aliphatic hydroxyl groups is 1. The van der Waals surface area contributed by atoms with E-state index >= 15 is 0 Å². The molecule has 0 spiro atoms. The van der Waals surface area contributed by atoms with E-state index in [0.717, 1.165) is 24.1 Å². The van der Waals surface area contributed by atoms with Gasteiger partial charge in [-0.05, 0) is 31.2 Å². The first-order valence-electron chi connectivity index (χ1n) is 8.49. The van der Waals surface area contributed by atoms with Gasteiger partial charge in [-0.15, -0.1) is 0 Å². The Morgan fingerprint density at radius 2 is 2.04 bits per heavy atom. The third-order valence-electron chi connectivity index (χ3n) is 4.54. The van der Waals surface area contributed by atoms with E-state index in [4.69, 9.17) is 4.74 Å². The Kier molecular flexibility index (Phi) is 7.36. The topological polar surface area (TPSA) is 70.6 Å². The zero-order chi connectivity index (χ0) is 16.5. The fraction of sp³-hybridized carbons (Fsp3) is 0.611. The highest BCUT2D eigenvalue weighted by Crippen LogP contribution is 2.27. The Hall–Kier alpha value is -1.59. The highest BCUT2D eigenvalue weighted by atomic mass is 16.5. The lowest BCUT2D eigenvalue weighted by molar-refractivity contribution is 0.185. The van der Waals surface area contributed by atoms with Gasteiger partial charge in [0.05, 0.1) is 6.61 Å². The molecule has 0 saturated heterocycles. The average molecular weight is 320 g/mol. The molecular weight excluding hydrogens is 292 g/mol. The first-order valence-corrected chi connectivity index (χ1v) is 8.49. The maximum absolute atomic E-state index is 12.4. The molecule has 1 aliphatic carbocycles. The Labute approximate surface area is 138 Å². The van der Waals surface area contributed by atoms with E-state index in [1.807, 2.05) is 24.3 Å². The van der Waals surface area contributed by atoms with Crippen molar-refractivity contribution in [3.05, 3.63) is 29.8 Å². The van der Waals surface area contributed by atoms with Gasteiger partial charge in [0.15, 0.2) is 0 Å². The summed E-state index contributed by atoms with van der Waals surface area (Å²) in [5, 5.41) is 15.3. The number of aliphatic hydroxyl groups excluding tert-OH is 1. The van der Waals surface area contributed by atoms with Crippen molar-refractivity contribution in [3.63, 3.8) is 0 Å². The Bertz CT molecular complexity index is 487. The summed E-state index contributed by atoms with van der Waals surface area (Å²) in [6, 6.07) is 7.45. The van der Waals surface area contributed by atoms with Crippen molar-refractivity contribution in [3.8, 4) is 0 Å². The maximum Gasteiger partial charge on any atom is 0.319 e. The summed E-state index contributed by atoms with van der Waals surface area (Å²) >= 11 is 0. The lowest BCUT2D eigenvalue weighted by Crippen LogP contribution is -2.43. The highest BCUT2D eigenvalue weighted by molar-refractivity contribution is 5.90. The molecule has 1 atom stereocenters. The molecule has 0 radical (unpaired) electrons. The van der Waals surface area contributed by atoms with Crippen LogP contribution in [0.15, 0.2) is 24.3 Å². The minimum absolute atomic E-state index is 0.0369. The number of methoxy groups -OCH3 is 1. The zero-order valence-corrected chi connectivity index (χ0v) is 13.9. The third kappa shape index (κ3) is 5.52. The highest BCUT2D eigenvalue weighted by Gasteiger charge is 2.24. The van der Waals surface area contributed by atoms with E-state index in [0.29, 0.717) is 18.9 Å². The molecular formula is C18H28N2O3. The largest absolute Gasteiger partial charge is 0.396 e. The molecule has 1 fully saturated rings. The van der Waals surface area contributed by atoms with Crippen LogP contribution in [-0.4, -0.2) is 30.9 Å². The average Bonchev–Trinajstić information content (AvgIpc) is 2.57. The predicted molar refractivity (Wildman–Crippen MR) is 91.4 cm³/mol. The van der Waals surface area contributed by atoms with Gasteiger partial charge in [0.2, 0.25) is 0 Å². The number of carbonyl (C=O) groups excluding carboxylic acids is 1. The maximum atomic E-state index is 12.4. The van der Waals surface area contributed by atoms with Crippen LogP contribution in [0.25, 0.3) is 0 Å². The number of carbonyl (C=O) groups is 1. The predicted octanol–water partition coefficient (Wildman–Crippen LogP) is 3.29. The van der Waals surface area contributed by atoms with E-state index in [9.17, 15) is 9.90 Å². The number of rotatable bonds is 7. The van der Waals surface area contributed by atoms with Gasteiger partial charge < -0.3 is 20.5 Å². The summed E-state index contributed by atoms with van der Waals surface area (Å²) in [5.74, 6) is 0.468. The number of urea groups is 1. The standard InChI is InChI=1S/C18H28N2O3/c1-23-13-15-9-5-6-10-16(15)19-18(22)20-17(11-12-21)14-7-3-2-4-8-14/h5-6,9-10,14,17,21H,2-4,7-8,11-13H2,1H3,(H2,19,20,22). The first-order chi connectivity index (χ1) is 11.2. The second-order valence-electron chi connectivity index (χ2n) is 6.21. The van der Waals surface area contributed by atoms with E-state index in [1.54, 1.807) is 7.11 Å². The number of benzene rings is 1. The molecule has 0 heterocycles. The molecule has 5 heteroatoms. The molecule has 1 aromatic carbocycles. The van der Waals surface area contributed by atoms with Gasteiger partial charge in [0.1, 0.15) is 0 Å². The van der Waals surface area contributed by atoms with Crippen LogP contribution in [0.3, 0.4) is 0 Å². The Morgan fingerprint density at radius 1 is 1.30 bits per heavy atom. The minimum Gasteiger partial charge on any atom is -0.396 e. The molecule has 1 aliphatic rings. The monoisotopic (exact) mass is 320 g/mol. The molecule has 0 bridgehead atoms. The van der Waals surface area contributed by atoms with Crippen LogP contribution in [0, 0.1) is 5.92 Å². The van der Waals surface area contributed by atoms with Gasteiger partial charge in [0.25, 0.3) is 0 Å². The van der Waals surface area contributed by atoms with Crippen LogP contribution in [0.4, 0.5) is 10.5 Å². The summed E-state index contributed by atoms with van der Waals surface area (Å²) in [7, 11) is 1.64. The minimum atomic E-state index is -0.211. The van der Waals surface area contributed by atoms with Crippen LogP contribution in [-0.2, 0) is 11.3 Å². The van der Waals surface area contributed by atoms with Crippen molar-refractivity contribution >= 4 is 11.7 Å². The van der Waals surface area contributed by atoms with Gasteiger partial charge in [-0.2, -0.15) is 0 Å². The third-order valence-corrected chi connectivity index (χ3v) is 4.54. The molecule has 5 nitrogen and oxygen atoms in total. The first kappa shape index (κ1) is 17.8. The van der Waals surface area contributed by atoms with Crippen molar-refractivity contribution in [1.82, 2.24) is 5.32 Å². The summed E-state index contributed by atoms with van der Waals surface area (Å²) in [6.07, 6.45) is 6.58. The van der Waals surface area contributed by atoms with Gasteiger partial charge in [-0.25, -0.2) is 4.79 Å². The van der Waals surface area contributed by atoms with E-state index < -0.39 is 0 Å². The van der Waals surface area contributed by atoms with Crippen molar-refractivity contribution in [2.24, 2.45) is 5.92 Å². The fourth-order valence-corrected chi connectivity index (χ4v) is 3.35. The fourth-order valence-electron chi connectivity index (χ4n) is 3.35. The number of para-hydroxylation sites is 1. The van der Waals surface area contributed by atoms with Crippen LogP contribution < -0.4 is 10.6 Å². The smallest absolute Gasteiger partial charge is 0.319 e. The van der Waals surface area contributed by atoms with E-state index in [2.05, 4.69) is 10.6 Å². The molecule has 3 N–H and O–H groups in total. The summed E-state index contributed by atoms with van der Waals surface area (Å²) in [5.41, 5.74) is 1.71. The SMILES string of the molecule is COCc1ccccc1NC(=O)NC(CCO)C1CCCCC1. The summed E-state index contributed by atoms with van der Waals surface area (Å²) in [4.78, 5) is 12.4. The van der Waals surface area contributed by atoms with Crippen LogP contribution in [0.2, 0.25) is 0 Å². The van der Waals surface area contributed by atoms with Gasteiger partial charge >= 0.3 is 6.03 Å². The molecule has 0 aromatic heterocycles. The van der Waals surface area contributed by atoms with E-state index in [-0.39, 0.29) is 18.7 Å². The van der Waals surface area contributed by atoms with Gasteiger partial charge in [0, 0.05) is 31.0 Å². The number of ether oxygens (including phenoxy) is 1. The number of hydrogen-bond donors (Lipinski definition) is 3. The van der Waals surface area contributed by atoms with Crippen LogP contribution >= 0.6 is 0 Å². The van der Waals surface area contributed by atoms with Gasteiger partial charge in [-0.1, -0.05) is 37.5 Å². The van der Waals surface area contributed by atoms with Crippen LogP contribution in [0.5, 0.6) is 0 Å². The summed E-state index contributed by atoms with van der Waals surface area (Å²) in [6.45, 7) is 0.556. The number of anilines is 1. The quantitative estimate of drug-likeness (QED) is 0.722. The van der Waals surface area contributed by atoms with Gasteiger partial charge in [-0.3, -0.25) is 0 Å². The molecule has 0 aliphatic heterocycles. The second-order valence-corrected chi connectivity index (χ2v) is 6.21. The molecule has 2 amide bonds. The van der Waals surface area contributed by atoms with Crippen molar-refractivity contribution < 1.29 is 14.6 Å². The van der Waals surface area contributed by atoms with Crippen LogP contribution in [0.1, 0.15) is 44.1 Å². The lowest BCUT2D eigenvalue weighted by Gasteiger charge is -2.30. The Balaban J connectivity index is 1.96. The lowest BCUT2D eigenvalue weighted by atomic mass is 9.83. The number of amides is 2.